The molecular formula is C14H16BrNO3. The first-order chi connectivity index (χ1) is 8.99. The quantitative estimate of drug-likeness (QED) is 0.850. The second-order valence-corrected chi connectivity index (χ2v) is 5.75. The fourth-order valence-electron chi connectivity index (χ4n) is 2.29. The van der Waals surface area contributed by atoms with E-state index in [4.69, 9.17) is 5.11 Å². The molecule has 0 fully saturated rings. The average molecular weight is 326 g/mol. The van der Waals surface area contributed by atoms with Crippen molar-refractivity contribution in [3.63, 3.8) is 0 Å². The minimum atomic E-state index is -1.06. The molecule has 1 amide bonds. The number of aryl methyl sites for hydroxylation is 1. The van der Waals surface area contributed by atoms with Crippen molar-refractivity contribution in [2.45, 2.75) is 26.3 Å². The van der Waals surface area contributed by atoms with Crippen LogP contribution in [0, 0.1) is 5.92 Å². The van der Waals surface area contributed by atoms with Crippen LogP contribution < -0.4 is 0 Å². The Kier molecular flexibility index (Phi) is 4.24. The first-order valence-electron chi connectivity index (χ1n) is 6.28. The summed E-state index contributed by atoms with van der Waals surface area (Å²) in [5, 5.41) is 8.93. The highest BCUT2D eigenvalue weighted by Gasteiger charge is 2.27. The van der Waals surface area contributed by atoms with E-state index in [9.17, 15) is 9.59 Å². The van der Waals surface area contributed by atoms with Gasteiger partial charge in [-0.05, 0) is 43.0 Å². The highest BCUT2D eigenvalue weighted by molar-refractivity contribution is 9.10. The predicted octanol–water partition coefficient (Wildman–Crippen LogP) is 2.44. The van der Waals surface area contributed by atoms with E-state index < -0.39 is 11.9 Å². The molecule has 1 aliphatic rings. The van der Waals surface area contributed by atoms with Crippen molar-refractivity contribution < 1.29 is 14.7 Å². The summed E-state index contributed by atoms with van der Waals surface area (Å²) in [6.07, 6.45) is 1.78. The topological polar surface area (TPSA) is 57.6 Å². The third-order valence-electron chi connectivity index (χ3n) is 3.46. The van der Waals surface area contributed by atoms with Gasteiger partial charge in [0.05, 0.1) is 0 Å². The summed E-state index contributed by atoms with van der Waals surface area (Å²) in [5.41, 5.74) is 2.33. The smallest absolute Gasteiger partial charge is 0.315 e. The van der Waals surface area contributed by atoms with E-state index in [-0.39, 0.29) is 5.91 Å². The summed E-state index contributed by atoms with van der Waals surface area (Å²) in [4.78, 5) is 24.7. The molecule has 1 aromatic carbocycles. The molecule has 1 N–H and O–H groups in total. The van der Waals surface area contributed by atoms with Gasteiger partial charge in [-0.1, -0.05) is 22.0 Å². The van der Waals surface area contributed by atoms with E-state index in [2.05, 4.69) is 22.0 Å². The van der Waals surface area contributed by atoms with Gasteiger partial charge in [-0.25, -0.2) is 0 Å². The fourth-order valence-corrected chi connectivity index (χ4v) is 2.70. The molecule has 1 unspecified atom stereocenters. The number of hydrogen-bond donors (Lipinski definition) is 1. The molecule has 2 rings (SSSR count). The number of aliphatic carboxylic acids is 1. The van der Waals surface area contributed by atoms with E-state index in [1.54, 1.807) is 4.90 Å². The predicted molar refractivity (Wildman–Crippen MR) is 74.7 cm³/mol. The van der Waals surface area contributed by atoms with Crippen LogP contribution in [0.15, 0.2) is 22.7 Å². The maximum atomic E-state index is 12.1. The lowest BCUT2D eigenvalue weighted by atomic mass is 10.0. The molecule has 19 heavy (non-hydrogen) atoms. The number of halogens is 1. The molecule has 0 radical (unpaired) electrons. The second-order valence-electron chi connectivity index (χ2n) is 4.84. The van der Waals surface area contributed by atoms with Gasteiger partial charge in [0.1, 0.15) is 5.92 Å². The van der Waals surface area contributed by atoms with Crippen LogP contribution in [0.25, 0.3) is 0 Å². The molecule has 1 aromatic rings. The van der Waals surface area contributed by atoms with Gasteiger partial charge in [0.2, 0.25) is 5.91 Å². The summed E-state index contributed by atoms with van der Waals surface area (Å²) < 4.78 is 1.03. The molecule has 0 saturated carbocycles. The molecule has 102 valence electrons. The normalized spacial score (nSPS) is 16.4. The Balaban J connectivity index is 2.20. The summed E-state index contributed by atoms with van der Waals surface area (Å²) >= 11 is 3.44. The monoisotopic (exact) mass is 325 g/mol. The Morgan fingerprint density at radius 3 is 2.79 bits per heavy atom. The van der Waals surface area contributed by atoms with Crippen LogP contribution in [0.4, 0.5) is 0 Å². The summed E-state index contributed by atoms with van der Waals surface area (Å²) in [7, 11) is 0. The van der Waals surface area contributed by atoms with Crippen molar-refractivity contribution in [2.75, 3.05) is 6.54 Å². The van der Waals surface area contributed by atoms with Gasteiger partial charge >= 0.3 is 5.97 Å². The first kappa shape index (κ1) is 14.1. The second kappa shape index (κ2) is 5.74. The van der Waals surface area contributed by atoms with Crippen LogP contribution in [0.1, 0.15) is 24.5 Å². The Morgan fingerprint density at radius 1 is 1.37 bits per heavy atom. The summed E-state index contributed by atoms with van der Waals surface area (Å²) in [6.45, 7) is 2.56. The zero-order valence-electron chi connectivity index (χ0n) is 10.7. The number of carbonyl (C=O) groups is 2. The maximum Gasteiger partial charge on any atom is 0.315 e. The van der Waals surface area contributed by atoms with E-state index in [0.717, 1.165) is 22.9 Å². The Morgan fingerprint density at radius 2 is 2.11 bits per heavy atom. The van der Waals surface area contributed by atoms with Crippen LogP contribution in [-0.2, 0) is 22.6 Å². The van der Waals surface area contributed by atoms with E-state index in [1.807, 2.05) is 12.1 Å². The lowest BCUT2D eigenvalue weighted by Crippen LogP contribution is -2.37. The molecule has 0 bridgehead atoms. The van der Waals surface area contributed by atoms with E-state index in [0.29, 0.717) is 13.1 Å². The summed E-state index contributed by atoms with van der Waals surface area (Å²) in [5.74, 6) is -2.34. The van der Waals surface area contributed by atoms with Crippen LogP contribution in [0.3, 0.4) is 0 Å². The fraction of sp³-hybridized carbons (Fsp3) is 0.429. The van der Waals surface area contributed by atoms with Crippen LogP contribution >= 0.6 is 15.9 Å². The van der Waals surface area contributed by atoms with Gasteiger partial charge in [0.15, 0.2) is 0 Å². The van der Waals surface area contributed by atoms with Gasteiger partial charge in [-0.15, -0.1) is 0 Å². The molecule has 0 saturated heterocycles. The van der Waals surface area contributed by atoms with Crippen LogP contribution in [0.5, 0.6) is 0 Å². The molecule has 1 aliphatic heterocycles. The number of nitrogens with zero attached hydrogens (tertiary/aromatic N) is 1. The Labute approximate surface area is 120 Å². The first-order valence-corrected chi connectivity index (χ1v) is 7.07. The molecule has 1 heterocycles. The molecule has 0 aliphatic carbocycles. The average Bonchev–Trinajstić information content (AvgIpc) is 2.58. The number of rotatable bonds is 2. The number of amides is 1. The van der Waals surface area contributed by atoms with Gasteiger partial charge < -0.3 is 10.0 Å². The van der Waals surface area contributed by atoms with Crippen LogP contribution in [0.2, 0.25) is 0 Å². The zero-order valence-corrected chi connectivity index (χ0v) is 12.3. The molecule has 1 atom stereocenters. The lowest BCUT2D eigenvalue weighted by Gasteiger charge is -2.22. The SMILES string of the molecule is CC(C(=O)O)C(=O)N1CCCc2cc(Br)ccc2C1. The number of hydrogen-bond acceptors (Lipinski definition) is 2. The minimum absolute atomic E-state index is 0.303. The van der Waals surface area contributed by atoms with E-state index in [1.165, 1.54) is 12.5 Å². The Hall–Kier alpha value is -1.36. The van der Waals surface area contributed by atoms with Gasteiger partial charge in [-0.3, -0.25) is 9.59 Å². The number of carbonyl (C=O) groups excluding carboxylic acids is 1. The molecule has 4 nitrogen and oxygen atoms in total. The van der Waals surface area contributed by atoms with Crippen molar-refractivity contribution in [1.82, 2.24) is 4.90 Å². The van der Waals surface area contributed by atoms with Gasteiger partial charge in [-0.2, -0.15) is 0 Å². The maximum absolute atomic E-state index is 12.1. The molecular weight excluding hydrogens is 310 g/mol. The van der Waals surface area contributed by atoms with Crippen molar-refractivity contribution in [2.24, 2.45) is 5.92 Å². The largest absolute Gasteiger partial charge is 0.481 e. The summed E-state index contributed by atoms with van der Waals surface area (Å²) in [6, 6.07) is 6.02. The minimum Gasteiger partial charge on any atom is -0.481 e. The van der Waals surface area contributed by atoms with E-state index >= 15 is 0 Å². The van der Waals surface area contributed by atoms with Crippen molar-refractivity contribution in [1.29, 1.82) is 0 Å². The third-order valence-corrected chi connectivity index (χ3v) is 3.95. The zero-order chi connectivity index (χ0) is 14.0. The highest BCUT2D eigenvalue weighted by Crippen LogP contribution is 2.23. The van der Waals surface area contributed by atoms with Gasteiger partial charge in [0.25, 0.3) is 0 Å². The van der Waals surface area contributed by atoms with Gasteiger partial charge in [0, 0.05) is 17.6 Å². The number of carboxylic acids is 1. The highest BCUT2D eigenvalue weighted by atomic mass is 79.9. The molecule has 0 aromatic heterocycles. The van der Waals surface area contributed by atoms with Crippen molar-refractivity contribution >= 4 is 27.8 Å². The van der Waals surface area contributed by atoms with Crippen LogP contribution in [-0.4, -0.2) is 28.4 Å². The molecule has 0 spiro atoms. The standard InChI is InChI=1S/C14H16BrNO3/c1-9(14(18)19)13(17)16-6-2-3-10-7-12(15)5-4-11(10)8-16/h4-5,7,9H,2-3,6,8H2,1H3,(H,18,19). The van der Waals surface area contributed by atoms with Crippen molar-refractivity contribution in [3.8, 4) is 0 Å². The Bertz CT molecular complexity index is 515. The number of fused-ring (bicyclic) bond motifs is 1. The lowest BCUT2D eigenvalue weighted by molar-refractivity contribution is -0.150. The number of carboxylic acid groups (broad SMARTS) is 1. The number of benzene rings is 1. The molecule has 5 heteroatoms. The van der Waals surface area contributed by atoms with Crippen molar-refractivity contribution in [3.05, 3.63) is 33.8 Å². The third kappa shape index (κ3) is 3.15.